The molecule has 0 unspecified atom stereocenters. The third kappa shape index (κ3) is 6.91. The Balaban J connectivity index is 2.38. The van der Waals surface area contributed by atoms with Gasteiger partial charge in [0.25, 0.3) is 0 Å². The van der Waals surface area contributed by atoms with Gasteiger partial charge < -0.3 is 10.1 Å². The van der Waals surface area contributed by atoms with Crippen LogP contribution in [-0.2, 0) is 22.3 Å². The van der Waals surface area contributed by atoms with Crippen molar-refractivity contribution in [1.82, 2.24) is 10.2 Å². The fraction of sp³-hybridized carbons (Fsp3) is 0.533. The fourth-order valence-corrected chi connectivity index (χ4v) is 1.91. The Labute approximate surface area is 128 Å². The number of benzene rings is 1. The number of ether oxygens (including phenoxy) is 1. The smallest absolute Gasteiger partial charge is 0.385 e. The van der Waals surface area contributed by atoms with Crippen LogP contribution in [0, 0.1) is 0 Å². The standard InChI is InChI=1S/C15H21F3N2O2/c1-20(11-14(21)19-8-3-9-22-2)10-12-4-6-13(7-5-12)15(16,17)18/h4-7H,3,8-11H2,1-2H3,(H,19,21). The maximum absolute atomic E-state index is 12.5. The summed E-state index contributed by atoms with van der Waals surface area (Å²) in [6.07, 6.45) is -3.59. The van der Waals surface area contributed by atoms with Crippen LogP contribution in [0.25, 0.3) is 0 Å². The molecule has 1 N–H and O–H groups in total. The number of nitrogens with zero attached hydrogens (tertiary/aromatic N) is 1. The monoisotopic (exact) mass is 318 g/mol. The highest BCUT2D eigenvalue weighted by Crippen LogP contribution is 2.29. The molecule has 0 aliphatic rings. The average molecular weight is 318 g/mol. The lowest BCUT2D eigenvalue weighted by atomic mass is 10.1. The molecule has 0 fully saturated rings. The minimum absolute atomic E-state index is 0.120. The zero-order valence-electron chi connectivity index (χ0n) is 12.7. The molecule has 0 spiro atoms. The van der Waals surface area contributed by atoms with Crippen molar-refractivity contribution in [2.24, 2.45) is 0 Å². The summed E-state index contributed by atoms with van der Waals surface area (Å²) in [5.74, 6) is -0.120. The second-order valence-electron chi connectivity index (χ2n) is 5.06. The molecule has 4 nitrogen and oxygen atoms in total. The van der Waals surface area contributed by atoms with Crippen molar-refractivity contribution in [3.8, 4) is 0 Å². The molecule has 7 heteroatoms. The Morgan fingerprint density at radius 2 is 1.91 bits per heavy atom. The van der Waals surface area contributed by atoms with Crippen LogP contribution in [-0.4, -0.2) is 44.7 Å². The quantitative estimate of drug-likeness (QED) is 0.748. The largest absolute Gasteiger partial charge is 0.416 e. The highest BCUT2D eigenvalue weighted by molar-refractivity contribution is 5.77. The van der Waals surface area contributed by atoms with Gasteiger partial charge in [0.05, 0.1) is 12.1 Å². The van der Waals surface area contributed by atoms with E-state index in [0.29, 0.717) is 19.7 Å². The van der Waals surface area contributed by atoms with E-state index < -0.39 is 11.7 Å². The van der Waals surface area contributed by atoms with Gasteiger partial charge in [0.15, 0.2) is 0 Å². The number of likely N-dealkylation sites (N-methyl/N-ethyl adjacent to an activating group) is 1. The molecule has 1 aromatic carbocycles. The Hall–Kier alpha value is -1.60. The summed E-state index contributed by atoms with van der Waals surface area (Å²) in [6.45, 7) is 1.72. The third-order valence-electron chi connectivity index (χ3n) is 2.99. The van der Waals surface area contributed by atoms with E-state index in [1.165, 1.54) is 12.1 Å². The molecule has 0 saturated heterocycles. The minimum Gasteiger partial charge on any atom is -0.385 e. The van der Waals surface area contributed by atoms with Gasteiger partial charge in [-0.2, -0.15) is 13.2 Å². The van der Waals surface area contributed by atoms with Crippen molar-refractivity contribution >= 4 is 5.91 Å². The molecule has 1 aromatic rings. The van der Waals surface area contributed by atoms with E-state index in [2.05, 4.69) is 5.32 Å². The lowest BCUT2D eigenvalue weighted by Gasteiger charge is -2.17. The minimum atomic E-state index is -4.33. The number of carbonyl (C=O) groups excluding carboxylic acids is 1. The van der Waals surface area contributed by atoms with E-state index in [0.717, 1.165) is 24.1 Å². The summed E-state index contributed by atoms with van der Waals surface area (Å²) in [5.41, 5.74) is 0.0532. The van der Waals surface area contributed by atoms with Crippen LogP contribution in [0.5, 0.6) is 0 Å². The summed E-state index contributed by atoms with van der Waals surface area (Å²) >= 11 is 0. The van der Waals surface area contributed by atoms with Crippen LogP contribution in [0.3, 0.4) is 0 Å². The number of amides is 1. The molecule has 0 bridgehead atoms. The van der Waals surface area contributed by atoms with E-state index in [9.17, 15) is 18.0 Å². The van der Waals surface area contributed by atoms with E-state index in [1.807, 2.05) is 0 Å². The summed E-state index contributed by atoms with van der Waals surface area (Å²) in [7, 11) is 3.34. The van der Waals surface area contributed by atoms with Gasteiger partial charge in [-0.25, -0.2) is 0 Å². The SMILES string of the molecule is COCCCNC(=O)CN(C)Cc1ccc(C(F)(F)F)cc1. The summed E-state index contributed by atoms with van der Waals surface area (Å²) in [4.78, 5) is 13.4. The highest BCUT2D eigenvalue weighted by atomic mass is 19.4. The van der Waals surface area contributed by atoms with Gasteiger partial charge in [-0.1, -0.05) is 12.1 Å². The highest BCUT2D eigenvalue weighted by Gasteiger charge is 2.29. The molecule has 0 aliphatic heterocycles. The summed E-state index contributed by atoms with van der Waals surface area (Å²) in [5, 5.41) is 2.75. The molecule has 0 heterocycles. The molecule has 0 saturated carbocycles. The third-order valence-corrected chi connectivity index (χ3v) is 2.99. The Morgan fingerprint density at radius 1 is 1.27 bits per heavy atom. The van der Waals surface area contributed by atoms with Gasteiger partial charge in [-0.3, -0.25) is 9.69 Å². The van der Waals surface area contributed by atoms with Crippen molar-refractivity contribution < 1.29 is 22.7 Å². The molecular weight excluding hydrogens is 297 g/mol. The lowest BCUT2D eigenvalue weighted by Crippen LogP contribution is -2.35. The second-order valence-corrected chi connectivity index (χ2v) is 5.06. The average Bonchev–Trinajstić information content (AvgIpc) is 2.43. The lowest BCUT2D eigenvalue weighted by molar-refractivity contribution is -0.137. The molecule has 1 amide bonds. The van der Waals surface area contributed by atoms with Gasteiger partial charge in [0.1, 0.15) is 0 Å². The first-order valence-corrected chi connectivity index (χ1v) is 6.93. The Kier molecular flexibility index (Phi) is 7.34. The van der Waals surface area contributed by atoms with Crippen molar-refractivity contribution in [1.29, 1.82) is 0 Å². The van der Waals surface area contributed by atoms with E-state index in [4.69, 9.17) is 4.74 Å². The molecule has 0 aliphatic carbocycles. The zero-order chi connectivity index (χ0) is 16.6. The van der Waals surface area contributed by atoms with Crippen molar-refractivity contribution in [2.45, 2.75) is 19.1 Å². The predicted molar refractivity (Wildman–Crippen MR) is 77.3 cm³/mol. The molecule has 22 heavy (non-hydrogen) atoms. The Morgan fingerprint density at radius 3 is 2.45 bits per heavy atom. The van der Waals surface area contributed by atoms with Gasteiger partial charge in [0, 0.05) is 26.8 Å². The predicted octanol–water partition coefficient (Wildman–Crippen LogP) is 2.29. The molecule has 0 atom stereocenters. The second kappa shape index (κ2) is 8.75. The van der Waals surface area contributed by atoms with Gasteiger partial charge >= 0.3 is 6.18 Å². The fourth-order valence-electron chi connectivity index (χ4n) is 1.91. The van der Waals surface area contributed by atoms with Gasteiger partial charge in [-0.05, 0) is 31.2 Å². The van der Waals surface area contributed by atoms with E-state index in [-0.39, 0.29) is 12.5 Å². The molecule has 0 aromatic heterocycles. The van der Waals surface area contributed by atoms with Crippen molar-refractivity contribution in [3.05, 3.63) is 35.4 Å². The maximum Gasteiger partial charge on any atom is 0.416 e. The summed E-state index contributed by atoms with van der Waals surface area (Å²) < 4.78 is 42.2. The number of rotatable bonds is 8. The number of methoxy groups -OCH3 is 1. The van der Waals surface area contributed by atoms with Gasteiger partial charge in [0.2, 0.25) is 5.91 Å². The van der Waals surface area contributed by atoms with Crippen molar-refractivity contribution in [3.63, 3.8) is 0 Å². The number of alkyl halides is 3. The maximum atomic E-state index is 12.5. The number of nitrogens with one attached hydrogen (secondary N) is 1. The molecular formula is C15H21F3N2O2. The Bertz CT molecular complexity index is 461. The topological polar surface area (TPSA) is 41.6 Å². The van der Waals surface area contributed by atoms with Crippen LogP contribution < -0.4 is 5.32 Å². The molecule has 124 valence electrons. The van der Waals surface area contributed by atoms with Crippen LogP contribution in [0.15, 0.2) is 24.3 Å². The first kappa shape index (κ1) is 18.4. The normalized spacial score (nSPS) is 11.7. The molecule has 0 radical (unpaired) electrons. The van der Waals surface area contributed by atoms with Crippen LogP contribution in [0.4, 0.5) is 13.2 Å². The number of hydrogen-bond donors (Lipinski definition) is 1. The van der Waals surface area contributed by atoms with Crippen LogP contribution in [0.1, 0.15) is 17.5 Å². The zero-order valence-corrected chi connectivity index (χ0v) is 12.7. The molecule has 1 rings (SSSR count). The number of halogens is 3. The number of carbonyl (C=O) groups is 1. The van der Waals surface area contributed by atoms with Crippen LogP contribution in [0.2, 0.25) is 0 Å². The first-order chi connectivity index (χ1) is 10.3. The van der Waals surface area contributed by atoms with Crippen LogP contribution >= 0.6 is 0 Å². The van der Waals surface area contributed by atoms with Gasteiger partial charge in [-0.15, -0.1) is 0 Å². The van der Waals surface area contributed by atoms with E-state index >= 15 is 0 Å². The number of hydrogen-bond acceptors (Lipinski definition) is 3. The van der Waals surface area contributed by atoms with Crippen molar-refractivity contribution in [2.75, 3.05) is 33.9 Å². The first-order valence-electron chi connectivity index (χ1n) is 6.93. The summed E-state index contributed by atoms with van der Waals surface area (Å²) in [6, 6.07) is 4.95. The van der Waals surface area contributed by atoms with E-state index in [1.54, 1.807) is 19.1 Å².